The Morgan fingerprint density at radius 3 is 2.08 bits per heavy atom. The fourth-order valence-electron chi connectivity index (χ4n) is 9.37. The molecule has 1 saturated heterocycles. The Morgan fingerprint density at radius 2 is 1.40 bits per heavy atom. The van der Waals surface area contributed by atoms with Crippen molar-refractivity contribution in [2.75, 3.05) is 13.1 Å². The molecule has 1 heterocycles. The van der Waals surface area contributed by atoms with Gasteiger partial charge in [-0.05, 0) is 0 Å². The van der Waals surface area contributed by atoms with Crippen molar-refractivity contribution in [1.29, 1.82) is 0 Å². The van der Waals surface area contributed by atoms with Crippen molar-refractivity contribution in [1.82, 2.24) is 4.90 Å². The topological polar surface area (TPSA) is 12.5 Å². The predicted octanol–water partition coefficient (Wildman–Crippen LogP) is 13.4. The Balaban J connectivity index is 1.39. The zero-order valence-corrected chi connectivity index (χ0v) is 34.9. The van der Waals surface area contributed by atoms with Gasteiger partial charge in [-0.15, -0.1) is 0 Å². The number of nitrogens with zero attached hydrogens (tertiary/aromatic N) is 1. The summed E-state index contributed by atoms with van der Waals surface area (Å²) in [6.07, 6.45) is 8.27. The van der Waals surface area contributed by atoms with Crippen molar-refractivity contribution in [2.24, 2.45) is 0 Å². The molecule has 0 aromatic heterocycles. The van der Waals surface area contributed by atoms with Crippen LogP contribution in [0.5, 0.6) is 5.75 Å². The molecule has 1 unspecified atom stereocenters. The van der Waals surface area contributed by atoms with Crippen LogP contribution in [0.25, 0.3) is 26.1 Å². The minimum atomic E-state index is -4.92. The van der Waals surface area contributed by atoms with E-state index in [1.54, 1.807) is 0 Å². The number of aryl methyl sites for hydroxylation is 1. The molecule has 0 spiro atoms. The van der Waals surface area contributed by atoms with E-state index in [1.165, 1.54) is 101 Å². The van der Waals surface area contributed by atoms with E-state index >= 15 is 0 Å². The van der Waals surface area contributed by atoms with Crippen LogP contribution in [-0.2, 0) is 17.7 Å². The Kier molecular flexibility index (Phi) is 10.2. The third-order valence-corrected chi connectivity index (χ3v) is 37.7. The number of halogens is 2. The van der Waals surface area contributed by atoms with Crippen LogP contribution in [-0.4, -0.2) is 24.2 Å². The van der Waals surface area contributed by atoms with Crippen LogP contribution >= 0.6 is 18.6 Å². The number of hydrogen-bond donors (Lipinski definition) is 0. The first-order chi connectivity index (χ1) is 24.0. The molecule has 6 heteroatoms. The molecule has 0 radical (unpaired) electrons. The average Bonchev–Trinajstić information content (AvgIpc) is 3.81. The zero-order valence-electron chi connectivity index (χ0n) is 30.8. The van der Waals surface area contributed by atoms with Gasteiger partial charge >= 0.3 is 312 Å². The molecular weight excluding hydrogens is 705 g/mol. The van der Waals surface area contributed by atoms with E-state index in [9.17, 15) is 0 Å². The number of rotatable bonds is 11. The third-order valence-electron chi connectivity index (χ3n) is 12.0. The van der Waals surface area contributed by atoms with Gasteiger partial charge in [-0.1, -0.05) is 0 Å². The summed E-state index contributed by atoms with van der Waals surface area (Å²) in [6.45, 7) is 15.8. The van der Waals surface area contributed by atoms with Gasteiger partial charge in [0.25, 0.3) is 0 Å². The second-order valence-corrected chi connectivity index (χ2v) is 39.4. The molecule has 0 bridgehead atoms. The third kappa shape index (κ3) is 5.93. The molecule has 3 aliphatic rings. The van der Waals surface area contributed by atoms with Crippen molar-refractivity contribution < 1.29 is 15.6 Å². The van der Waals surface area contributed by atoms with Crippen LogP contribution < -0.4 is 3.32 Å². The molecule has 0 N–H and O–H groups in total. The molecule has 1 aliphatic heterocycles. The molecular formula is C44H53Cl2NOSiTi. The van der Waals surface area contributed by atoms with Gasteiger partial charge in [0.2, 0.25) is 0 Å². The summed E-state index contributed by atoms with van der Waals surface area (Å²) in [4.78, 5) is 2.63. The number of likely N-dealkylation sites (tertiary alicyclic amines) is 1. The van der Waals surface area contributed by atoms with Crippen molar-refractivity contribution in [2.45, 2.75) is 104 Å². The molecule has 2 aliphatic carbocycles. The van der Waals surface area contributed by atoms with Crippen molar-refractivity contribution >= 4 is 28.7 Å². The Morgan fingerprint density at radius 1 is 0.760 bits per heavy atom. The molecule has 0 saturated carbocycles. The van der Waals surface area contributed by atoms with E-state index in [-0.39, 0.29) is 11.5 Å². The molecule has 50 heavy (non-hydrogen) atoms. The zero-order chi connectivity index (χ0) is 35.3. The summed E-state index contributed by atoms with van der Waals surface area (Å²) in [5, 5.41) is 0. The van der Waals surface area contributed by atoms with E-state index in [0.717, 1.165) is 28.3 Å². The van der Waals surface area contributed by atoms with E-state index in [1.807, 2.05) is 0 Å². The molecule has 7 rings (SSSR count). The first-order valence-corrected chi connectivity index (χ1v) is 29.6. The molecule has 1 fully saturated rings. The summed E-state index contributed by atoms with van der Waals surface area (Å²) in [5.41, 5.74) is 13.1. The fourth-order valence-corrected chi connectivity index (χ4v) is 21.3. The van der Waals surface area contributed by atoms with Crippen LogP contribution in [0, 0.1) is 6.92 Å². The molecule has 2 nitrogen and oxygen atoms in total. The monoisotopic (exact) mass is 757 g/mol. The van der Waals surface area contributed by atoms with Crippen LogP contribution in [0.1, 0.15) is 106 Å². The van der Waals surface area contributed by atoms with Crippen molar-refractivity contribution in [3.63, 3.8) is 0 Å². The van der Waals surface area contributed by atoms with Gasteiger partial charge in [-0.3, -0.25) is 0 Å². The van der Waals surface area contributed by atoms with Gasteiger partial charge in [0.1, 0.15) is 0 Å². The molecule has 1 atom stereocenters. The SMILES string of the molecule is CCCCC1(CCCC)c2ccccc2-c2ccc(-c3cc(C)ccc3[O][Ti]([Cl])([Cl])([C]3=C(C)C(N4CCCC4)c4ccccc43)=[Si](C)C)cc21. The molecule has 4 aromatic rings. The maximum atomic E-state index is 8.18. The summed E-state index contributed by atoms with van der Waals surface area (Å²) in [5.74, 6) is 0.814. The predicted molar refractivity (Wildman–Crippen MR) is 214 cm³/mol. The standard InChI is InChI=1S/C28H32O.C14H16N.C2H6Si.2ClH.Ti/c1-4-6-16-28(17-7-5-2)25-11-9-8-10-22(25)23-14-13-21(19-26(23)28)24-18-20(3)12-15-27(24)29;1-11-10-12-6-2-3-7-13(12)14(11)15-8-4-5-9-15;1-3-2;;;/h8-15,18-19,29H,4-7,16-17H2,1-3H3;2-3,6-7,14H,4-5,8-9H2,1H3;1-2H3;2*1H;/q;;;;;+3/p-3. The van der Waals surface area contributed by atoms with Crippen molar-refractivity contribution in [3.05, 3.63) is 118 Å². The van der Waals surface area contributed by atoms with Crippen LogP contribution in [0.3, 0.4) is 0 Å². The quantitative estimate of drug-likeness (QED) is 0.141. The van der Waals surface area contributed by atoms with Gasteiger partial charge in [0.05, 0.1) is 0 Å². The number of fused-ring (bicyclic) bond motifs is 4. The summed E-state index contributed by atoms with van der Waals surface area (Å²) in [7, 11) is 16.4. The molecule has 0 amide bonds. The second-order valence-electron chi connectivity index (χ2n) is 15.4. The number of unbranched alkanes of at least 4 members (excludes halogenated alkanes) is 2. The molecule has 262 valence electrons. The summed E-state index contributed by atoms with van der Waals surface area (Å²) < 4.78 is 8.60. The maximum absolute atomic E-state index is 8.18. The van der Waals surface area contributed by atoms with Gasteiger partial charge in [0, 0.05) is 0 Å². The summed E-state index contributed by atoms with van der Waals surface area (Å²) >= 11 is -4.92. The average molecular weight is 759 g/mol. The van der Waals surface area contributed by atoms with Crippen molar-refractivity contribution in [3.8, 4) is 28.0 Å². The first kappa shape index (κ1) is 36.3. The van der Waals surface area contributed by atoms with Gasteiger partial charge in [-0.25, -0.2) is 0 Å². The Bertz CT molecular complexity index is 2040. The Hall–Kier alpha value is -2.11. The van der Waals surface area contributed by atoms with E-state index < -0.39 is 18.5 Å². The van der Waals surface area contributed by atoms with Crippen LogP contribution in [0.4, 0.5) is 0 Å². The molecule has 4 aromatic carbocycles. The van der Waals surface area contributed by atoms with E-state index in [2.05, 4.69) is 131 Å². The second kappa shape index (κ2) is 14.0. The Labute approximate surface area is 310 Å². The van der Waals surface area contributed by atoms with Gasteiger partial charge in [0.15, 0.2) is 0 Å². The summed E-state index contributed by atoms with van der Waals surface area (Å²) in [6, 6.07) is 32.0. The van der Waals surface area contributed by atoms with Crippen LogP contribution in [0.2, 0.25) is 13.1 Å². The van der Waals surface area contributed by atoms with E-state index in [4.69, 9.17) is 21.9 Å². The number of benzene rings is 4. The minimum absolute atomic E-state index is 0.0178. The van der Waals surface area contributed by atoms with Crippen LogP contribution in [0.15, 0.2) is 90.5 Å². The van der Waals surface area contributed by atoms with E-state index in [0.29, 0.717) is 0 Å². The fraction of sp³-hybridized carbons (Fsp3) is 0.409. The normalized spacial score (nSPS) is 18.3. The van der Waals surface area contributed by atoms with Gasteiger partial charge < -0.3 is 0 Å². The van der Waals surface area contributed by atoms with Gasteiger partial charge in [-0.2, -0.15) is 0 Å². The first-order valence-electron chi connectivity index (χ1n) is 19.0. The number of hydrogen-bond acceptors (Lipinski definition) is 2.